The highest BCUT2D eigenvalue weighted by atomic mass is 35.5. The zero-order chi connectivity index (χ0) is 22.8. The smallest absolute Gasteiger partial charge is 0.333 e. The number of alkyl halides is 2. The molecule has 2 aromatic carbocycles. The van der Waals surface area contributed by atoms with Crippen molar-refractivity contribution in [1.82, 2.24) is 19.7 Å². The third-order valence-electron chi connectivity index (χ3n) is 4.67. The van der Waals surface area contributed by atoms with E-state index < -0.39 is 18.5 Å². The number of methoxy groups -OCH3 is 1. The third kappa shape index (κ3) is 4.26. The van der Waals surface area contributed by atoms with Crippen molar-refractivity contribution in [2.24, 2.45) is 0 Å². The van der Waals surface area contributed by atoms with E-state index in [1.165, 1.54) is 37.8 Å². The van der Waals surface area contributed by atoms with Crippen LogP contribution in [0.15, 0.2) is 48.9 Å². The highest BCUT2D eigenvalue weighted by molar-refractivity contribution is 6.31. The standard InChI is InChI=1S/C21H17ClF3N5O2/c1-11(14-6-7-30(29-14)21(24)25)32-18-8-12-16(9-17(18)31-2)26-10-27-20(12)28-15-5-3-4-13(22)19(15)23/h3-11,21H,1-2H3,(H,26,27,28). The molecule has 0 aliphatic heterocycles. The Morgan fingerprint density at radius 3 is 2.66 bits per heavy atom. The first-order chi connectivity index (χ1) is 15.4. The number of aromatic nitrogens is 4. The molecule has 1 atom stereocenters. The molecular formula is C21H17ClF3N5O2. The molecule has 1 unspecified atom stereocenters. The van der Waals surface area contributed by atoms with E-state index in [4.69, 9.17) is 21.1 Å². The number of nitrogens with one attached hydrogen (secondary N) is 1. The molecule has 11 heteroatoms. The number of hydrogen-bond donors (Lipinski definition) is 1. The predicted octanol–water partition coefficient (Wildman–Crippen LogP) is 5.91. The van der Waals surface area contributed by atoms with Crippen LogP contribution < -0.4 is 14.8 Å². The van der Waals surface area contributed by atoms with Crippen LogP contribution >= 0.6 is 11.6 Å². The lowest BCUT2D eigenvalue weighted by molar-refractivity contribution is 0.0551. The quantitative estimate of drug-likeness (QED) is 0.367. The topological polar surface area (TPSA) is 74.1 Å². The Morgan fingerprint density at radius 1 is 1.12 bits per heavy atom. The number of anilines is 2. The van der Waals surface area contributed by atoms with Crippen molar-refractivity contribution < 1.29 is 22.6 Å². The SMILES string of the molecule is COc1cc2ncnc(Nc3cccc(Cl)c3F)c2cc1OC(C)c1ccn(C(F)F)n1. The molecule has 4 aromatic rings. The summed E-state index contributed by atoms with van der Waals surface area (Å²) in [7, 11) is 1.46. The highest BCUT2D eigenvalue weighted by Gasteiger charge is 2.18. The summed E-state index contributed by atoms with van der Waals surface area (Å²) in [4.78, 5) is 8.43. The van der Waals surface area contributed by atoms with Crippen LogP contribution in [-0.4, -0.2) is 26.9 Å². The molecule has 0 saturated heterocycles. The highest BCUT2D eigenvalue weighted by Crippen LogP contribution is 2.37. The molecule has 32 heavy (non-hydrogen) atoms. The van der Waals surface area contributed by atoms with Crippen molar-refractivity contribution in [2.75, 3.05) is 12.4 Å². The molecule has 0 aliphatic rings. The van der Waals surface area contributed by atoms with Crippen LogP contribution in [0.5, 0.6) is 11.5 Å². The van der Waals surface area contributed by atoms with E-state index in [2.05, 4.69) is 20.4 Å². The van der Waals surface area contributed by atoms with Gasteiger partial charge in [-0.1, -0.05) is 17.7 Å². The van der Waals surface area contributed by atoms with E-state index in [1.54, 1.807) is 25.1 Å². The first kappa shape index (κ1) is 21.7. The molecule has 2 heterocycles. The van der Waals surface area contributed by atoms with Gasteiger partial charge in [-0.15, -0.1) is 0 Å². The first-order valence-corrected chi connectivity index (χ1v) is 9.78. The monoisotopic (exact) mass is 463 g/mol. The first-order valence-electron chi connectivity index (χ1n) is 9.41. The Balaban J connectivity index is 1.71. The van der Waals surface area contributed by atoms with Crippen LogP contribution in [0.25, 0.3) is 10.9 Å². The van der Waals surface area contributed by atoms with Gasteiger partial charge in [-0.3, -0.25) is 0 Å². The van der Waals surface area contributed by atoms with Crippen molar-refractivity contribution in [2.45, 2.75) is 19.6 Å². The zero-order valence-electron chi connectivity index (χ0n) is 16.9. The summed E-state index contributed by atoms with van der Waals surface area (Å²) in [6, 6.07) is 9.28. The van der Waals surface area contributed by atoms with Crippen LogP contribution in [0.2, 0.25) is 5.02 Å². The molecule has 166 valence electrons. The van der Waals surface area contributed by atoms with Gasteiger partial charge in [0.15, 0.2) is 17.3 Å². The molecule has 0 spiro atoms. The minimum Gasteiger partial charge on any atom is -0.493 e. The number of halogens is 4. The molecule has 0 aliphatic carbocycles. The van der Waals surface area contributed by atoms with Crippen molar-refractivity contribution in [3.8, 4) is 11.5 Å². The Hall–Kier alpha value is -3.53. The van der Waals surface area contributed by atoms with Crippen molar-refractivity contribution in [3.63, 3.8) is 0 Å². The zero-order valence-corrected chi connectivity index (χ0v) is 17.6. The van der Waals surface area contributed by atoms with E-state index in [1.807, 2.05) is 0 Å². The molecule has 0 radical (unpaired) electrons. The number of ether oxygens (including phenoxy) is 2. The van der Waals surface area contributed by atoms with E-state index in [9.17, 15) is 13.2 Å². The second kappa shape index (κ2) is 8.91. The maximum Gasteiger partial charge on any atom is 0.333 e. The second-order valence-corrected chi connectivity index (χ2v) is 7.13. The van der Waals surface area contributed by atoms with E-state index in [0.29, 0.717) is 38.6 Å². The molecule has 0 fully saturated rings. The van der Waals surface area contributed by atoms with Gasteiger partial charge in [0, 0.05) is 17.6 Å². The number of nitrogens with zero attached hydrogens (tertiary/aromatic N) is 4. The summed E-state index contributed by atoms with van der Waals surface area (Å²) in [5.41, 5.74) is 0.974. The van der Waals surface area contributed by atoms with E-state index in [-0.39, 0.29) is 10.7 Å². The van der Waals surface area contributed by atoms with E-state index in [0.717, 1.165) is 0 Å². The van der Waals surface area contributed by atoms with Gasteiger partial charge in [0.2, 0.25) is 0 Å². The van der Waals surface area contributed by atoms with Gasteiger partial charge in [0.05, 0.1) is 23.3 Å². The largest absolute Gasteiger partial charge is 0.493 e. The molecular weight excluding hydrogens is 447 g/mol. The van der Waals surface area contributed by atoms with Crippen LogP contribution in [0.3, 0.4) is 0 Å². The van der Waals surface area contributed by atoms with Crippen LogP contribution in [0, 0.1) is 5.82 Å². The average molecular weight is 464 g/mol. The van der Waals surface area contributed by atoms with E-state index >= 15 is 0 Å². The van der Waals surface area contributed by atoms with Gasteiger partial charge in [0.1, 0.15) is 23.9 Å². The molecule has 0 amide bonds. The summed E-state index contributed by atoms with van der Waals surface area (Å²) in [5, 5.41) is 7.23. The number of hydrogen-bond acceptors (Lipinski definition) is 6. The summed E-state index contributed by atoms with van der Waals surface area (Å²) in [6.07, 6.45) is 1.84. The average Bonchev–Trinajstić information content (AvgIpc) is 3.28. The van der Waals surface area contributed by atoms with Crippen LogP contribution in [-0.2, 0) is 0 Å². The predicted molar refractivity (Wildman–Crippen MR) is 113 cm³/mol. The second-order valence-electron chi connectivity index (χ2n) is 6.73. The van der Waals surface area contributed by atoms with Gasteiger partial charge < -0.3 is 14.8 Å². The minimum absolute atomic E-state index is 0.0314. The summed E-state index contributed by atoms with van der Waals surface area (Å²) in [6.45, 7) is -1.08. The van der Waals surface area contributed by atoms with Gasteiger partial charge in [0.25, 0.3) is 0 Å². The molecule has 0 saturated carbocycles. The lowest BCUT2D eigenvalue weighted by Crippen LogP contribution is -2.07. The normalized spacial score (nSPS) is 12.2. The van der Waals surface area contributed by atoms with Crippen molar-refractivity contribution in [1.29, 1.82) is 0 Å². The maximum atomic E-state index is 14.4. The van der Waals surface area contributed by atoms with Gasteiger partial charge >= 0.3 is 6.55 Å². The number of benzene rings is 2. The summed E-state index contributed by atoms with van der Waals surface area (Å²) >= 11 is 5.86. The fourth-order valence-corrected chi connectivity index (χ4v) is 3.25. The molecule has 4 rings (SSSR count). The molecule has 2 aromatic heterocycles. The van der Waals surface area contributed by atoms with Crippen molar-refractivity contribution >= 4 is 34.0 Å². The maximum absolute atomic E-state index is 14.4. The Morgan fingerprint density at radius 2 is 1.94 bits per heavy atom. The molecule has 1 N–H and O–H groups in total. The number of rotatable bonds is 7. The minimum atomic E-state index is -2.75. The van der Waals surface area contributed by atoms with Crippen LogP contribution in [0.4, 0.5) is 24.7 Å². The lowest BCUT2D eigenvalue weighted by atomic mass is 10.2. The van der Waals surface area contributed by atoms with Gasteiger partial charge in [-0.05, 0) is 31.2 Å². The number of fused-ring (bicyclic) bond motifs is 1. The van der Waals surface area contributed by atoms with Gasteiger partial charge in [-0.25, -0.2) is 19.0 Å². The fraction of sp³-hybridized carbons (Fsp3) is 0.190. The van der Waals surface area contributed by atoms with Crippen molar-refractivity contribution in [3.05, 3.63) is 65.5 Å². The summed E-state index contributed by atoms with van der Waals surface area (Å²) < 4.78 is 51.9. The molecule has 0 bridgehead atoms. The summed E-state index contributed by atoms with van der Waals surface area (Å²) in [5.74, 6) is 0.382. The molecule has 7 nitrogen and oxygen atoms in total. The third-order valence-corrected chi connectivity index (χ3v) is 4.97. The Kier molecular flexibility index (Phi) is 6.04. The Labute approximate surface area is 185 Å². The van der Waals surface area contributed by atoms with Gasteiger partial charge in [-0.2, -0.15) is 13.9 Å². The fourth-order valence-electron chi connectivity index (χ4n) is 3.07. The Bertz CT molecular complexity index is 1270. The lowest BCUT2D eigenvalue weighted by Gasteiger charge is -2.17. The van der Waals surface area contributed by atoms with Crippen LogP contribution in [0.1, 0.15) is 25.3 Å².